The van der Waals surface area contributed by atoms with E-state index in [0.29, 0.717) is 11.1 Å². The Balaban J connectivity index is 2.27. The molecule has 26 heavy (non-hydrogen) atoms. The summed E-state index contributed by atoms with van der Waals surface area (Å²) in [5, 5.41) is 18.0. The molecule has 0 saturated heterocycles. The molecular formula is C22H10N4. The monoisotopic (exact) mass is 330 g/mol. The molecule has 0 aromatic heterocycles. The summed E-state index contributed by atoms with van der Waals surface area (Å²) in [7, 11) is 0. The van der Waals surface area contributed by atoms with Gasteiger partial charge in [0.15, 0.2) is 11.4 Å². The van der Waals surface area contributed by atoms with Crippen LogP contribution in [0.2, 0.25) is 0 Å². The molecule has 4 heteroatoms. The summed E-state index contributed by atoms with van der Waals surface area (Å²) >= 11 is 0. The Kier molecular flexibility index (Phi) is 4.45. The summed E-state index contributed by atoms with van der Waals surface area (Å²) in [6.07, 6.45) is 0. The molecule has 0 bridgehead atoms. The fraction of sp³-hybridized carbons (Fsp3) is 0. The number of nitrogens with zero attached hydrogens (tertiary/aromatic N) is 4. The van der Waals surface area contributed by atoms with Crippen LogP contribution in [-0.2, 0) is 0 Å². The predicted octanol–water partition coefficient (Wildman–Crippen LogP) is 5.87. The van der Waals surface area contributed by atoms with Crippen molar-refractivity contribution in [1.29, 1.82) is 10.5 Å². The van der Waals surface area contributed by atoms with E-state index in [0.717, 1.165) is 22.3 Å². The highest BCUT2D eigenvalue weighted by Crippen LogP contribution is 2.41. The van der Waals surface area contributed by atoms with Gasteiger partial charge >= 0.3 is 0 Å². The van der Waals surface area contributed by atoms with E-state index in [-0.39, 0.29) is 11.4 Å². The molecule has 118 valence electrons. The quantitative estimate of drug-likeness (QED) is 0.552. The Hall–Kier alpha value is -4.38. The van der Waals surface area contributed by atoms with Gasteiger partial charge in [-0.3, -0.25) is 9.69 Å². The molecule has 0 N–H and O–H groups in total. The molecule has 0 spiro atoms. The standard InChI is InChI=1S/C22H10N4/c1-25-21-11-19(17-7-3-15(13-23)4-8-17)20(12-22(21)26-2)18-9-5-16(14-24)6-10-18/h3-12H. The van der Waals surface area contributed by atoms with Gasteiger partial charge in [0.05, 0.1) is 36.4 Å². The first-order valence-electron chi connectivity index (χ1n) is 7.64. The van der Waals surface area contributed by atoms with E-state index < -0.39 is 0 Å². The third-order valence-electron chi connectivity index (χ3n) is 4.01. The topological polar surface area (TPSA) is 56.3 Å². The second kappa shape index (κ2) is 7.02. The summed E-state index contributed by atoms with van der Waals surface area (Å²) in [5.74, 6) is 0. The minimum atomic E-state index is 0.289. The van der Waals surface area contributed by atoms with Crippen molar-refractivity contribution in [1.82, 2.24) is 0 Å². The summed E-state index contributed by atoms with van der Waals surface area (Å²) in [6, 6.07) is 21.8. The fourth-order valence-electron chi connectivity index (χ4n) is 2.68. The van der Waals surface area contributed by atoms with Gasteiger partial charge in [0.2, 0.25) is 0 Å². The lowest BCUT2D eigenvalue weighted by molar-refractivity contribution is 1.48. The number of nitriles is 2. The SMILES string of the molecule is [C-]#[N+]c1cc(-c2ccc(C#N)cc2)c(-c2ccc(C#N)cc2)cc1[N+]#[C-]. The van der Waals surface area contributed by atoms with Crippen LogP contribution in [-0.4, -0.2) is 0 Å². The third kappa shape index (κ3) is 3.00. The van der Waals surface area contributed by atoms with Crippen molar-refractivity contribution < 1.29 is 0 Å². The van der Waals surface area contributed by atoms with Crippen LogP contribution >= 0.6 is 0 Å². The predicted molar refractivity (Wildman–Crippen MR) is 99.3 cm³/mol. The average Bonchev–Trinajstić information content (AvgIpc) is 2.73. The normalized spacial score (nSPS) is 9.38. The molecule has 0 unspecified atom stereocenters. The molecule has 3 rings (SSSR count). The van der Waals surface area contributed by atoms with Crippen LogP contribution in [0.15, 0.2) is 60.7 Å². The Bertz CT molecular complexity index is 1050. The lowest BCUT2D eigenvalue weighted by atomic mass is 9.92. The molecule has 0 heterocycles. The molecule has 0 aliphatic rings. The van der Waals surface area contributed by atoms with Gasteiger partial charge in [-0.05, 0) is 46.5 Å². The van der Waals surface area contributed by atoms with Crippen LogP contribution in [0.3, 0.4) is 0 Å². The van der Waals surface area contributed by atoms with Gasteiger partial charge in [0.1, 0.15) is 0 Å². The van der Waals surface area contributed by atoms with Crippen LogP contribution in [0, 0.1) is 35.8 Å². The molecule has 0 radical (unpaired) electrons. The molecule has 0 fully saturated rings. The van der Waals surface area contributed by atoms with Crippen molar-refractivity contribution in [2.75, 3.05) is 0 Å². The van der Waals surface area contributed by atoms with Crippen molar-refractivity contribution in [2.24, 2.45) is 0 Å². The molecular weight excluding hydrogens is 320 g/mol. The smallest absolute Gasteiger partial charge is 0.195 e. The second-order valence-electron chi connectivity index (χ2n) is 5.49. The second-order valence-corrected chi connectivity index (χ2v) is 5.49. The zero-order chi connectivity index (χ0) is 18.5. The van der Waals surface area contributed by atoms with Crippen molar-refractivity contribution in [3.8, 4) is 34.4 Å². The van der Waals surface area contributed by atoms with Crippen LogP contribution in [0.5, 0.6) is 0 Å². The first-order chi connectivity index (χ1) is 12.7. The Morgan fingerprint density at radius 1 is 0.615 bits per heavy atom. The zero-order valence-corrected chi connectivity index (χ0v) is 13.6. The Labute approximate surface area is 151 Å². The Morgan fingerprint density at radius 3 is 1.23 bits per heavy atom. The maximum Gasteiger partial charge on any atom is 0.195 e. The van der Waals surface area contributed by atoms with Crippen LogP contribution < -0.4 is 0 Å². The highest BCUT2D eigenvalue weighted by atomic mass is 14.7. The molecule has 0 aliphatic heterocycles. The maximum atomic E-state index is 8.98. The third-order valence-corrected chi connectivity index (χ3v) is 4.01. The highest BCUT2D eigenvalue weighted by Gasteiger charge is 2.13. The summed E-state index contributed by atoms with van der Waals surface area (Å²) in [6.45, 7) is 14.7. The van der Waals surface area contributed by atoms with Gasteiger partial charge in [-0.25, -0.2) is 0 Å². The van der Waals surface area contributed by atoms with Gasteiger partial charge in [0.25, 0.3) is 0 Å². The van der Waals surface area contributed by atoms with E-state index in [1.165, 1.54) is 0 Å². The summed E-state index contributed by atoms with van der Waals surface area (Å²) < 4.78 is 0. The number of hydrogen-bond acceptors (Lipinski definition) is 2. The minimum Gasteiger partial charge on any atom is -0.250 e. The van der Waals surface area contributed by atoms with Gasteiger partial charge in [0, 0.05) is 0 Å². The Morgan fingerprint density at radius 2 is 0.962 bits per heavy atom. The average molecular weight is 330 g/mol. The lowest BCUT2D eigenvalue weighted by Gasteiger charge is -2.13. The molecule has 3 aromatic rings. The van der Waals surface area contributed by atoms with Crippen molar-refractivity contribution in [3.63, 3.8) is 0 Å². The van der Waals surface area contributed by atoms with E-state index >= 15 is 0 Å². The lowest BCUT2D eigenvalue weighted by Crippen LogP contribution is -1.87. The zero-order valence-electron chi connectivity index (χ0n) is 13.6. The molecule has 3 aromatic carbocycles. The number of benzene rings is 3. The minimum absolute atomic E-state index is 0.289. The first-order valence-corrected chi connectivity index (χ1v) is 7.64. The van der Waals surface area contributed by atoms with Crippen molar-refractivity contribution in [2.45, 2.75) is 0 Å². The molecule has 0 amide bonds. The van der Waals surface area contributed by atoms with Gasteiger partial charge in [-0.2, -0.15) is 10.5 Å². The van der Waals surface area contributed by atoms with E-state index in [4.69, 9.17) is 23.7 Å². The molecule has 4 nitrogen and oxygen atoms in total. The van der Waals surface area contributed by atoms with E-state index in [9.17, 15) is 0 Å². The maximum absolute atomic E-state index is 8.98. The summed E-state index contributed by atoms with van der Waals surface area (Å²) in [5.41, 5.74) is 4.99. The van der Waals surface area contributed by atoms with Gasteiger partial charge in [-0.1, -0.05) is 36.4 Å². The van der Waals surface area contributed by atoms with Crippen LogP contribution in [0.25, 0.3) is 31.9 Å². The largest absolute Gasteiger partial charge is 0.250 e. The molecule has 0 saturated carbocycles. The summed E-state index contributed by atoms with van der Waals surface area (Å²) in [4.78, 5) is 6.93. The van der Waals surface area contributed by atoms with Crippen molar-refractivity contribution >= 4 is 11.4 Å². The van der Waals surface area contributed by atoms with Crippen LogP contribution in [0.4, 0.5) is 11.4 Å². The highest BCUT2D eigenvalue weighted by molar-refractivity contribution is 5.91. The van der Waals surface area contributed by atoms with Gasteiger partial charge < -0.3 is 0 Å². The fourth-order valence-corrected chi connectivity index (χ4v) is 2.68. The van der Waals surface area contributed by atoms with E-state index in [1.54, 1.807) is 36.4 Å². The number of rotatable bonds is 2. The molecule has 0 aliphatic carbocycles. The van der Waals surface area contributed by atoms with Crippen LogP contribution in [0.1, 0.15) is 11.1 Å². The molecule has 0 atom stereocenters. The first kappa shape index (κ1) is 16.5. The van der Waals surface area contributed by atoms with E-state index in [1.807, 2.05) is 24.3 Å². The van der Waals surface area contributed by atoms with Gasteiger partial charge in [-0.15, -0.1) is 0 Å². The van der Waals surface area contributed by atoms with Crippen molar-refractivity contribution in [3.05, 3.63) is 94.6 Å². The van der Waals surface area contributed by atoms with E-state index in [2.05, 4.69) is 21.8 Å². The number of hydrogen-bond donors (Lipinski definition) is 0.